The van der Waals surface area contributed by atoms with Crippen LogP contribution in [-0.4, -0.2) is 48.7 Å². The van der Waals surface area contributed by atoms with Gasteiger partial charge in [0.1, 0.15) is 5.75 Å². The van der Waals surface area contributed by atoms with Gasteiger partial charge in [-0.15, -0.1) is 0 Å². The van der Waals surface area contributed by atoms with Gasteiger partial charge in [0.15, 0.2) is 12.4 Å². The number of rotatable bonds is 7. The van der Waals surface area contributed by atoms with Crippen LogP contribution in [0.5, 0.6) is 5.75 Å². The number of likely N-dealkylation sites (tertiary alicyclic amines) is 1. The van der Waals surface area contributed by atoms with Crippen LogP contribution in [0.1, 0.15) is 36.0 Å². The van der Waals surface area contributed by atoms with Crippen LogP contribution >= 0.6 is 0 Å². The van der Waals surface area contributed by atoms with Crippen LogP contribution in [0.25, 0.3) is 0 Å². The Hall–Kier alpha value is -2.70. The lowest BCUT2D eigenvalue weighted by Crippen LogP contribution is -2.35. The summed E-state index contributed by atoms with van der Waals surface area (Å²) in [6, 6.07) is 6.59. The van der Waals surface area contributed by atoms with Gasteiger partial charge in [0.2, 0.25) is 11.8 Å². The lowest BCUT2D eigenvalue weighted by Gasteiger charge is -2.19. The molecule has 7 nitrogen and oxygen atoms in total. The molecule has 0 aromatic heterocycles. The zero-order valence-corrected chi connectivity index (χ0v) is 15.8. The van der Waals surface area contributed by atoms with E-state index in [1.807, 2.05) is 0 Å². The lowest BCUT2D eigenvalue weighted by atomic mass is 9.81. The number of methoxy groups -OCH3 is 1. The number of esters is 1. The van der Waals surface area contributed by atoms with Crippen molar-refractivity contribution in [3.63, 3.8) is 0 Å². The molecule has 1 aromatic rings. The number of ether oxygens (including phenoxy) is 2. The minimum absolute atomic E-state index is 0.0241. The molecule has 0 N–H and O–H groups in total. The molecule has 3 aliphatic rings. The highest BCUT2D eigenvalue weighted by Gasteiger charge is 2.60. The second-order valence-electron chi connectivity index (χ2n) is 7.78. The van der Waals surface area contributed by atoms with Gasteiger partial charge < -0.3 is 9.47 Å². The summed E-state index contributed by atoms with van der Waals surface area (Å²) < 4.78 is 10.1. The fourth-order valence-electron chi connectivity index (χ4n) is 4.99. The quantitative estimate of drug-likeness (QED) is 0.404. The topological polar surface area (TPSA) is 90.0 Å². The first-order valence-corrected chi connectivity index (χ1v) is 9.67. The molecule has 28 heavy (non-hydrogen) atoms. The van der Waals surface area contributed by atoms with Crippen molar-refractivity contribution < 1.29 is 28.7 Å². The molecule has 0 spiro atoms. The third-order valence-corrected chi connectivity index (χ3v) is 6.31. The molecule has 4 rings (SSSR count). The van der Waals surface area contributed by atoms with E-state index in [1.54, 1.807) is 24.3 Å². The summed E-state index contributed by atoms with van der Waals surface area (Å²) in [4.78, 5) is 50.6. The van der Waals surface area contributed by atoms with Crippen LogP contribution in [-0.2, 0) is 19.1 Å². The summed E-state index contributed by atoms with van der Waals surface area (Å²) in [7, 11) is 1.50. The number of carbonyl (C=O) groups excluding carboxylic acids is 4. The Morgan fingerprint density at radius 2 is 1.79 bits per heavy atom. The number of Topliss-reactive ketones (excluding diaryl/α,β-unsaturated/α-hetero) is 1. The van der Waals surface area contributed by atoms with Gasteiger partial charge in [-0.1, -0.05) is 12.1 Å². The molecule has 4 atom stereocenters. The highest BCUT2D eigenvalue weighted by Crippen LogP contribution is 2.56. The monoisotopic (exact) mass is 385 g/mol. The van der Waals surface area contributed by atoms with Crippen molar-refractivity contribution in [3.05, 3.63) is 29.8 Å². The average molecular weight is 385 g/mol. The molecule has 2 saturated carbocycles. The molecule has 3 fully saturated rings. The highest BCUT2D eigenvalue weighted by atomic mass is 16.5. The Kier molecular flexibility index (Phi) is 4.91. The van der Waals surface area contributed by atoms with Crippen molar-refractivity contribution in [1.82, 2.24) is 4.90 Å². The second kappa shape index (κ2) is 7.37. The molecule has 2 aliphatic carbocycles. The number of imide groups is 1. The summed E-state index contributed by atoms with van der Waals surface area (Å²) in [5.41, 5.74) is 0.389. The van der Waals surface area contributed by atoms with Crippen molar-refractivity contribution in [3.8, 4) is 5.75 Å². The molecule has 1 aliphatic heterocycles. The predicted molar refractivity (Wildman–Crippen MR) is 97.4 cm³/mol. The van der Waals surface area contributed by atoms with E-state index >= 15 is 0 Å². The number of fused-ring (bicyclic) bond motifs is 5. The second-order valence-corrected chi connectivity index (χ2v) is 7.78. The molecule has 7 heteroatoms. The first-order chi connectivity index (χ1) is 13.5. The summed E-state index contributed by atoms with van der Waals surface area (Å²) in [6.07, 6.45) is 2.92. The number of hydrogen-bond acceptors (Lipinski definition) is 6. The number of hydrogen-bond donors (Lipinski definition) is 0. The Balaban J connectivity index is 1.27. The number of carbonyl (C=O) groups is 4. The summed E-state index contributed by atoms with van der Waals surface area (Å²) in [5, 5.41) is 0. The maximum Gasteiger partial charge on any atom is 0.308 e. The number of ketones is 1. The SMILES string of the molecule is COc1cccc(C(=O)COC(=O)CCN2C(=O)[C@@H]3[C@H]4CC[C@@H](C4)[C@H]3C2=O)c1. The standard InChI is InChI=1S/C21H23NO6/c1-27-15-4-2-3-12(10-15)16(23)11-28-17(24)7-8-22-20(25)18-13-5-6-14(9-13)19(18)21(22)26/h2-4,10,13-14,18-19H,5-9,11H2,1H3/t13-,14-,18+,19+/m0/s1. The summed E-state index contributed by atoms with van der Waals surface area (Å²) in [6.45, 7) is -0.362. The van der Waals surface area contributed by atoms with Crippen molar-refractivity contribution in [2.75, 3.05) is 20.3 Å². The normalized spacial score (nSPS) is 27.8. The smallest absolute Gasteiger partial charge is 0.308 e. The van der Waals surface area contributed by atoms with Crippen molar-refractivity contribution in [1.29, 1.82) is 0 Å². The van der Waals surface area contributed by atoms with Crippen molar-refractivity contribution >= 4 is 23.6 Å². The number of benzene rings is 1. The van der Waals surface area contributed by atoms with E-state index in [-0.39, 0.29) is 49.0 Å². The van der Waals surface area contributed by atoms with Crippen LogP contribution in [0.4, 0.5) is 0 Å². The van der Waals surface area contributed by atoms with Crippen LogP contribution in [0, 0.1) is 23.7 Å². The van der Waals surface area contributed by atoms with E-state index < -0.39 is 5.97 Å². The van der Waals surface area contributed by atoms with Crippen LogP contribution in [0.15, 0.2) is 24.3 Å². The average Bonchev–Trinajstić information content (AvgIpc) is 3.39. The minimum atomic E-state index is -0.600. The van der Waals surface area contributed by atoms with Gasteiger partial charge in [0.25, 0.3) is 0 Å². The first kappa shape index (κ1) is 18.7. The van der Waals surface area contributed by atoms with Gasteiger partial charge >= 0.3 is 5.97 Å². The fraction of sp³-hybridized carbons (Fsp3) is 0.524. The van der Waals surface area contributed by atoms with E-state index in [9.17, 15) is 19.2 Å². The van der Waals surface area contributed by atoms with Crippen LogP contribution < -0.4 is 4.74 Å². The molecule has 0 unspecified atom stereocenters. The predicted octanol–water partition coefficient (Wildman–Crippen LogP) is 1.84. The van der Waals surface area contributed by atoms with Gasteiger partial charge in [0, 0.05) is 12.1 Å². The van der Waals surface area contributed by atoms with Gasteiger partial charge in [-0.2, -0.15) is 0 Å². The maximum atomic E-state index is 12.6. The van der Waals surface area contributed by atoms with E-state index in [1.165, 1.54) is 12.0 Å². The Morgan fingerprint density at radius 1 is 1.11 bits per heavy atom. The number of nitrogens with zero attached hydrogens (tertiary/aromatic N) is 1. The zero-order valence-electron chi connectivity index (χ0n) is 15.8. The van der Waals surface area contributed by atoms with Crippen molar-refractivity contribution in [2.24, 2.45) is 23.7 Å². The highest BCUT2D eigenvalue weighted by molar-refractivity contribution is 6.06. The van der Waals surface area contributed by atoms with Gasteiger partial charge in [-0.05, 0) is 43.2 Å². The number of amides is 2. The first-order valence-electron chi connectivity index (χ1n) is 9.67. The molecule has 0 radical (unpaired) electrons. The largest absolute Gasteiger partial charge is 0.497 e. The van der Waals surface area contributed by atoms with E-state index in [4.69, 9.17) is 9.47 Å². The van der Waals surface area contributed by atoms with Crippen molar-refractivity contribution in [2.45, 2.75) is 25.7 Å². The molecular weight excluding hydrogens is 362 g/mol. The molecule has 148 valence electrons. The molecule has 1 aromatic carbocycles. The third-order valence-electron chi connectivity index (χ3n) is 6.31. The Labute approximate surface area is 163 Å². The molecule has 1 heterocycles. The zero-order chi connectivity index (χ0) is 19.8. The fourth-order valence-corrected chi connectivity index (χ4v) is 4.99. The van der Waals surface area contributed by atoms with Crippen LogP contribution in [0.2, 0.25) is 0 Å². The Bertz CT molecular complexity index is 806. The minimum Gasteiger partial charge on any atom is -0.497 e. The van der Waals surface area contributed by atoms with Crippen LogP contribution in [0.3, 0.4) is 0 Å². The van der Waals surface area contributed by atoms with E-state index in [2.05, 4.69) is 0 Å². The maximum absolute atomic E-state index is 12.6. The molecule has 2 bridgehead atoms. The van der Waals surface area contributed by atoms with Gasteiger partial charge in [-0.25, -0.2) is 0 Å². The van der Waals surface area contributed by atoms with E-state index in [0.29, 0.717) is 23.1 Å². The lowest BCUT2D eigenvalue weighted by molar-refractivity contribution is -0.145. The summed E-state index contributed by atoms with van der Waals surface area (Å²) >= 11 is 0. The van der Waals surface area contributed by atoms with Gasteiger partial charge in [-0.3, -0.25) is 24.1 Å². The van der Waals surface area contributed by atoms with Gasteiger partial charge in [0.05, 0.1) is 25.4 Å². The molecule has 2 amide bonds. The molecule has 1 saturated heterocycles. The third kappa shape index (κ3) is 3.19. The Morgan fingerprint density at radius 3 is 2.43 bits per heavy atom. The van der Waals surface area contributed by atoms with E-state index in [0.717, 1.165) is 19.3 Å². The summed E-state index contributed by atoms with van der Waals surface area (Å²) in [5.74, 6) is -0.391. The molecular formula is C21H23NO6.